The molecule has 0 aromatic rings. The normalized spacial score (nSPS) is 31.2. The Kier molecular flexibility index (Phi) is 3.16. The third-order valence-electron chi connectivity index (χ3n) is 2.27. The monoisotopic (exact) mass is 143 g/mol. The molecule has 0 radical (unpaired) electrons. The van der Waals surface area contributed by atoms with Crippen LogP contribution in [0.25, 0.3) is 0 Å². The molecule has 2 N–H and O–H groups in total. The summed E-state index contributed by atoms with van der Waals surface area (Å²) in [5.74, 6) is 0.488. The van der Waals surface area contributed by atoms with Gasteiger partial charge in [-0.25, -0.2) is 0 Å². The Balaban J connectivity index is 2.28. The van der Waals surface area contributed by atoms with Crippen molar-refractivity contribution in [3.8, 4) is 0 Å². The third-order valence-corrected chi connectivity index (χ3v) is 2.27. The van der Waals surface area contributed by atoms with Crippen molar-refractivity contribution >= 4 is 0 Å². The van der Waals surface area contributed by atoms with Crippen molar-refractivity contribution < 1.29 is 5.11 Å². The first kappa shape index (κ1) is 8.02. The maximum atomic E-state index is 9.26. The zero-order valence-corrected chi connectivity index (χ0v) is 6.64. The van der Waals surface area contributed by atoms with Crippen LogP contribution in [0.4, 0.5) is 0 Å². The zero-order chi connectivity index (χ0) is 7.40. The summed E-state index contributed by atoms with van der Waals surface area (Å²) in [6.45, 7) is 4.01. The maximum Gasteiger partial charge on any atom is 0.0552 e. The van der Waals surface area contributed by atoms with E-state index in [2.05, 4.69) is 5.32 Å². The lowest BCUT2D eigenvalue weighted by Crippen LogP contribution is -2.27. The van der Waals surface area contributed by atoms with Crippen LogP contribution in [0, 0.1) is 5.92 Å². The van der Waals surface area contributed by atoms with E-state index in [1.54, 1.807) is 0 Å². The fourth-order valence-electron chi connectivity index (χ4n) is 1.46. The van der Waals surface area contributed by atoms with Crippen molar-refractivity contribution in [2.24, 2.45) is 5.92 Å². The van der Waals surface area contributed by atoms with E-state index in [0.717, 1.165) is 13.1 Å². The first-order valence-electron chi connectivity index (χ1n) is 4.19. The van der Waals surface area contributed by atoms with E-state index in [1.807, 2.05) is 6.92 Å². The van der Waals surface area contributed by atoms with Gasteiger partial charge in [0.25, 0.3) is 0 Å². The van der Waals surface area contributed by atoms with E-state index in [-0.39, 0.29) is 6.10 Å². The minimum Gasteiger partial charge on any atom is -0.393 e. The zero-order valence-electron chi connectivity index (χ0n) is 6.64. The first-order valence-corrected chi connectivity index (χ1v) is 4.19. The Morgan fingerprint density at radius 3 is 3.00 bits per heavy atom. The average molecular weight is 143 g/mol. The fraction of sp³-hybridized carbons (Fsp3) is 1.00. The van der Waals surface area contributed by atoms with E-state index < -0.39 is 0 Å². The van der Waals surface area contributed by atoms with E-state index in [0.29, 0.717) is 5.92 Å². The average Bonchev–Trinajstić information content (AvgIpc) is 2.12. The molecule has 0 bridgehead atoms. The second kappa shape index (κ2) is 3.94. The quantitative estimate of drug-likeness (QED) is 0.568. The largest absolute Gasteiger partial charge is 0.393 e. The van der Waals surface area contributed by atoms with Gasteiger partial charge in [-0.3, -0.25) is 0 Å². The van der Waals surface area contributed by atoms with Crippen molar-refractivity contribution in [1.29, 1.82) is 0 Å². The van der Waals surface area contributed by atoms with Gasteiger partial charge in [-0.1, -0.05) is 6.42 Å². The van der Waals surface area contributed by atoms with Crippen molar-refractivity contribution in [3.05, 3.63) is 0 Å². The third kappa shape index (κ3) is 2.27. The van der Waals surface area contributed by atoms with Gasteiger partial charge in [-0.05, 0) is 32.2 Å². The molecule has 0 amide bonds. The van der Waals surface area contributed by atoms with Gasteiger partial charge in [0.2, 0.25) is 0 Å². The molecule has 1 unspecified atom stereocenters. The lowest BCUT2D eigenvalue weighted by atomic mass is 9.98. The van der Waals surface area contributed by atoms with Gasteiger partial charge < -0.3 is 10.4 Å². The van der Waals surface area contributed by atoms with Gasteiger partial charge in [0.05, 0.1) is 6.10 Å². The Bertz CT molecular complexity index is 85.3. The molecular formula is C8H17NO. The summed E-state index contributed by atoms with van der Waals surface area (Å²) >= 11 is 0. The number of hydrogen-bond donors (Lipinski definition) is 2. The second-order valence-corrected chi connectivity index (χ2v) is 3.20. The molecule has 1 aliphatic heterocycles. The first-order chi connectivity index (χ1) is 4.80. The van der Waals surface area contributed by atoms with Crippen LogP contribution >= 0.6 is 0 Å². The molecule has 1 rings (SSSR count). The standard InChI is InChI=1S/C8H17NO/c1-7(10)8-4-2-3-5-9-6-8/h7-10H,2-6H2,1H3/t7-,8?/m1/s1. The molecule has 10 heavy (non-hydrogen) atoms. The van der Waals surface area contributed by atoms with Gasteiger partial charge in [0.1, 0.15) is 0 Å². The maximum absolute atomic E-state index is 9.26. The summed E-state index contributed by atoms with van der Waals surface area (Å²) in [6.07, 6.45) is 3.58. The summed E-state index contributed by atoms with van der Waals surface area (Å²) < 4.78 is 0. The molecule has 2 nitrogen and oxygen atoms in total. The molecule has 1 aliphatic rings. The van der Waals surface area contributed by atoms with E-state index in [4.69, 9.17) is 0 Å². The van der Waals surface area contributed by atoms with Crippen LogP contribution in [-0.2, 0) is 0 Å². The SMILES string of the molecule is C[C@@H](O)C1CCCCNC1. The van der Waals surface area contributed by atoms with Gasteiger partial charge in [0.15, 0.2) is 0 Å². The molecule has 60 valence electrons. The summed E-state index contributed by atoms with van der Waals surface area (Å²) in [5, 5.41) is 12.6. The van der Waals surface area contributed by atoms with E-state index in [9.17, 15) is 5.11 Å². The number of aliphatic hydroxyl groups is 1. The van der Waals surface area contributed by atoms with Crippen LogP contribution in [0.2, 0.25) is 0 Å². The number of nitrogens with one attached hydrogen (secondary N) is 1. The van der Waals surface area contributed by atoms with Crippen LogP contribution in [0.1, 0.15) is 26.2 Å². The molecule has 1 saturated heterocycles. The smallest absolute Gasteiger partial charge is 0.0552 e. The van der Waals surface area contributed by atoms with Crippen LogP contribution in [0.5, 0.6) is 0 Å². The van der Waals surface area contributed by atoms with Crippen LogP contribution in [0.15, 0.2) is 0 Å². The molecule has 0 aromatic carbocycles. The fourth-order valence-corrected chi connectivity index (χ4v) is 1.46. The highest BCUT2D eigenvalue weighted by atomic mass is 16.3. The molecule has 0 spiro atoms. The van der Waals surface area contributed by atoms with Gasteiger partial charge >= 0.3 is 0 Å². The highest BCUT2D eigenvalue weighted by Crippen LogP contribution is 2.14. The summed E-state index contributed by atoms with van der Waals surface area (Å²) in [5.41, 5.74) is 0. The molecular weight excluding hydrogens is 126 g/mol. The lowest BCUT2D eigenvalue weighted by molar-refractivity contribution is 0.122. The van der Waals surface area contributed by atoms with E-state index >= 15 is 0 Å². The van der Waals surface area contributed by atoms with Gasteiger partial charge in [0, 0.05) is 6.54 Å². The second-order valence-electron chi connectivity index (χ2n) is 3.20. The Labute approximate surface area is 62.6 Å². The van der Waals surface area contributed by atoms with Crippen LogP contribution in [0.3, 0.4) is 0 Å². The number of aliphatic hydroxyl groups excluding tert-OH is 1. The van der Waals surface area contributed by atoms with Crippen LogP contribution in [-0.4, -0.2) is 24.3 Å². The molecule has 0 aliphatic carbocycles. The molecule has 0 aromatic heterocycles. The van der Waals surface area contributed by atoms with Crippen molar-refractivity contribution in [2.45, 2.75) is 32.3 Å². The number of rotatable bonds is 1. The summed E-state index contributed by atoms with van der Waals surface area (Å²) in [6, 6.07) is 0. The Morgan fingerprint density at radius 2 is 2.30 bits per heavy atom. The topological polar surface area (TPSA) is 32.3 Å². The predicted octanol–water partition coefficient (Wildman–Crippen LogP) is 0.757. The van der Waals surface area contributed by atoms with Crippen molar-refractivity contribution in [2.75, 3.05) is 13.1 Å². The minimum absolute atomic E-state index is 0.134. The highest BCUT2D eigenvalue weighted by Gasteiger charge is 2.15. The summed E-state index contributed by atoms with van der Waals surface area (Å²) in [7, 11) is 0. The Hall–Kier alpha value is -0.0800. The van der Waals surface area contributed by atoms with Crippen molar-refractivity contribution in [3.63, 3.8) is 0 Å². The molecule has 0 saturated carbocycles. The minimum atomic E-state index is -0.134. The summed E-state index contributed by atoms with van der Waals surface area (Å²) in [4.78, 5) is 0. The number of hydrogen-bond acceptors (Lipinski definition) is 2. The molecule has 1 heterocycles. The lowest BCUT2D eigenvalue weighted by Gasteiger charge is -2.16. The molecule has 1 fully saturated rings. The highest BCUT2D eigenvalue weighted by molar-refractivity contribution is 4.70. The van der Waals surface area contributed by atoms with E-state index in [1.165, 1.54) is 19.3 Å². The van der Waals surface area contributed by atoms with Gasteiger partial charge in [-0.15, -0.1) is 0 Å². The van der Waals surface area contributed by atoms with Crippen LogP contribution < -0.4 is 5.32 Å². The van der Waals surface area contributed by atoms with Gasteiger partial charge in [-0.2, -0.15) is 0 Å². The molecule has 2 heteroatoms. The van der Waals surface area contributed by atoms with Crippen molar-refractivity contribution in [1.82, 2.24) is 5.32 Å². The Morgan fingerprint density at radius 1 is 1.50 bits per heavy atom. The predicted molar refractivity (Wildman–Crippen MR) is 41.9 cm³/mol. The molecule has 2 atom stereocenters.